The molecule has 2 saturated carbocycles. The van der Waals surface area contributed by atoms with Crippen molar-refractivity contribution in [2.24, 2.45) is 22.2 Å². The summed E-state index contributed by atoms with van der Waals surface area (Å²) in [7, 11) is 0. The average Bonchev–Trinajstić information content (AvgIpc) is 2.83. The molecule has 1 saturated heterocycles. The fourth-order valence-electron chi connectivity index (χ4n) is 5.07. The van der Waals surface area contributed by atoms with E-state index in [1.807, 2.05) is 0 Å². The lowest BCUT2D eigenvalue weighted by Crippen LogP contribution is -2.31. The third-order valence-electron chi connectivity index (χ3n) is 5.84. The molecule has 4 atom stereocenters. The molecule has 0 unspecified atom stereocenters. The topological polar surface area (TPSA) is 63.6 Å². The van der Waals surface area contributed by atoms with Crippen LogP contribution in [0, 0.1) is 22.2 Å². The monoisotopic (exact) mass is 262 g/mol. The van der Waals surface area contributed by atoms with Gasteiger partial charge in [-0.1, -0.05) is 19.4 Å². The fourth-order valence-corrected chi connectivity index (χ4v) is 5.07. The first-order valence-corrected chi connectivity index (χ1v) is 6.94. The van der Waals surface area contributed by atoms with E-state index in [1.54, 1.807) is 0 Å². The molecule has 3 aliphatic carbocycles. The van der Waals surface area contributed by atoms with Crippen LogP contribution in [0.1, 0.15) is 39.5 Å². The summed E-state index contributed by atoms with van der Waals surface area (Å²) in [5.41, 5.74) is 0.717. The summed E-state index contributed by atoms with van der Waals surface area (Å²) in [5, 5.41) is 10.1. The standard InChI is InChI=1S/C15H18O4/c1-13(2)3-8-4-14-7-15(14,12(18)19-11(14)17)10(6-16)9(8)5-13/h6,8,12,18H,3-5,7H2,1-2H3/t8-,12+,14+,15+/m0/s1. The third-order valence-corrected chi connectivity index (χ3v) is 5.84. The van der Waals surface area contributed by atoms with E-state index in [1.165, 1.54) is 5.57 Å². The number of allylic oxidation sites excluding steroid dienone is 1. The van der Waals surface area contributed by atoms with Crippen LogP contribution < -0.4 is 0 Å². The highest BCUT2D eigenvalue weighted by Gasteiger charge is 2.84. The molecule has 0 amide bonds. The van der Waals surface area contributed by atoms with Gasteiger partial charge in [0.2, 0.25) is 6.29 Å². The van der Waals surface area contributed by atoms with Gasteiger partial charge in [0.05, 0.1) is 10.8 Å². The summed E-state index contributed by atoms with van der Waals surface area (Å²) < 4.78 is 5.02. The largest absolute Gasteiger partial charge is 0.434 e. The number of aldehydes is 1. The molecule has 1 aliphatic heterocycles. The molecule has 0 spiro atoms. The predicted molar refractivity (Wildman–Crippen MR) is 65.8 cm³/mol. The van der Waals surface area contributed by atoms with E-state index in [-0.39, 0.29) is 11.4 Å². The van der Waals surface area contributed by atoms with Gasteiger partial charge in [0.25, 0.3) is 0 Å². The van der Waals surface area contributed by atoms with E-state index in [4.69, 9.17) is 4.74 Å². The van der Waals surface area contributed by atoms with Crippen molar-refractivity contribution in [2.45, 2.75) is 45.8 Å². The quantitative estimate of drug-likeness (QED) is 0.575. The molecule has 0 bridgehead atoms. The second-order valence-electron chi connectivity index (χ2n) is 7.49. The van der Waals surface area contributed by atoms with Crippen LogP contribution in [0.2, 0.25) is 0 Å². The van der Waals surface area contributed by atoms with Gasteiger partial charge in [-0.25, -0.2) is 0 Å². The maximum Gasteiger partial charge on any atom is 0.315 e. The summed E-state index contributed by atoms with van der Waals surface area (Å²) in [6.45, 7) is 4.40. The summed E-state index contributed by atoms with van der Waals surface area (Å²) in [5.74, 6) is 0.00628. The van der Waals surface area contributed by atoms with Crippen LogP contribution in [-0.4, -0.2) is 23.7 Å². The second kappa shape index (κ2) is 2.95. The van der Waals surface area contributed by atoms with Crippen LogP contribution in [0.15, 0.2) is 11.1 Å². The van der Waals surface area contributed by atoms with Crippen molar-refractivity contribution in [1.82, 2.24) is 0 Å². The van der Waals surface area contributed by atoms with Gasteiger partial charge in [-0.2, -0.15) is 0 Å². The Bertz CT molecular complexity index is 546. The molecule has 4 rings (SSSR count). The molecule has 0 aromatic heterocycles. The van der Waals surface area contributed by atoms with Gasteiger partial charge in [0, 0.05) is 5.57 Å². The number of hydrogen-bond donors (Lipinski definition) is 1. The molecular weight excluding hydrogens is 244 g/mol. The highest BCUT2D eigenvalue weighted by Crippen LogP contribution is 2.80. The van der Waals surface area contributed by atoms with Gasteiger partial charge in [-0.15, -0.1) is 0 Å². The third kappa shape index (κ3) is 1.07. The average molecular weight is 262 g/mol. The van der Waals surface area contributed by atoms with Crippen LogP contribution in [-0.2, 0) is 14.3 Å². The van der Waals surface area contributed by atoms with Crippen molar-refractivity contribution >= 4 is 12.3 Å². The number of esters is 1. The lowest BCUT2D eigenvalue weighted by atomic mass is 9.72. The van der Waals surface area contributed by atoms with Crippen LogP contribution >= 0.6 is 0 Å². The minimum absolute atomic E-state index is 0.182. The number of aliphatic hydroxyl groups excluding tert-OH is 1. The number of rotatable bonds is 1. The Hall–Kier alpha value is -1.16. The Morgan fingerprint density at radius 2 is 2.11 bits per heavy atom. The lowest BCUT2D eigenvalue weighted by molar-refractivity contribution is -0.164. The molecule has 0 aromatic rings. The van der Waals surface area contributed by atoms with Crippen LogP contribution in [0.25, 0.3) is 0 Å². The van der Waals surface area contributed by atoms with E-state index >= 15 is 0 Å². The number of aliphatic hydroxyl groups is 1. The summed E-state index contributed by atoms with van der Waals surface area (Å²) >= 11 is 0. The van der Waals surface area contributed by atoms with E-state index < -0.39 is 17.1 Å². The number of fused-ring (bicyclic) bond motifs is 1. The maximum atomic E-state index is 12.1. The summed E-state index contributed by atoms with van der Waals surface area (Å²) in [6.07, 6.45) is 2.99. The van der Waals surface area contributed by atoms with Crippen LogP contribution in [0.4, 0.5) is 0 Å². The van der Waals surface area contributed by atoms with Crippen LogP contribution in [0.5, 0.6) is 0 Å². The molecule has 3 fully saturated rings. The zero-order valence-corrected chi connectivity index (χ0v) is 11.2. The van der Waals surface area contributed by atoms with E-state index in [0.717, 1.165) is 25.5 Å². The summed E-state index contributed by atoms with van der Waals surface area (Å²) in [4.78, 5) is 23.7. The van der Waals surface area contributed by atoms with Crippen LogP contribution in [0.3, 0.4) is 0 Å². The number of ether oxygens (including phenoxy) is 1. The zero-order chi connectivity index (χ0) is 13.6. The van der Waals surface area contributed by atoms with Gasteiger partial charge >= 0.3 is 5.97 Å². The molecule has 1 heterocycles. The van der Waals surface area contributed by atoms with Gasteiger partial charge in [0.15, 0.2) is 0 Å². The molecule has 0 aromatic carbocycles. The molecule has 0 radical (unpaired) electrons. The predicted octanol–water partition coefficient (Wildman–Crippen LogP) is 1.57. The highest BCUT2D eigenvalue weighted by molar-refractivity contribution is 5.93. The van der Waals surface area contributed by atoms with Gasteiger partial charge in [-0.05, 0) is 37.0 Å². The minimum atomic E-state index is -1.13. The van der Waals surface area contributed by atoms with Crippen molar-refractivity contribution in [3.8, 4) is 0 Å². The molecule has 19 heavy (non-hydrogen) atoms. The van der Waals surface area contributed by atoms with Crippen molar-refractivity contribution in [2.75, 3.05) is 0 Å². The first-order chi connectivity index (χ1) is 8.86. The number of cyclic esters (lactones) is 1. The van der Waals surface area contributed by atoms with Gasteiger partial charge in [0.1, 0.15) is 6.29 Å². The zero-order valence-electron chi connectivity index (χ0n) is 11.2. The van der Waals surface area contributed by atoms with Gasteiger partial charge in [-0.3, -0.25) is 9.59 Å². The van der Waals surface area contributed by atoms with E-state index in [2.05, 4.69) is 13.8 Å². The van der Waals surface area contributed by atoms with Gasteiger partial charge < -0.3 is 9.84 Å². The molecule has 102 valence electrons. The number of hydrogen-bond acceptors (Lipinski definition) is 4. The maximum absolute atomic E-state index is 12.1. The van der Waals surface area contributed by atoms with Crippen molar-refractivity contribution in [3.63, 3.8) is 0 Å². The second-order valence-corrected chi connectivity index (χ2v) is 7.49. The fraction of sp³-hybridized carbons (Fsp3) is 0.733. The molecule has 4 nitrogen and oxygen atoms in total. The number of carbonyl (C=O) groups is 2. The smallest absolute Gasteiger partial charge is 0.315 e. The first kappa shape index (κ1) is 11.6. The molecule has 4 aliphatic rings. The Morgan fingerprint density at radius 1 is 1.37 bits per heavy atom. The Labute approximate surface area is 111 Å². The highest BCUT2D eigenvalue weighted by atomic mass is 16.6. The number of carbonyl (C=O) groups excluding carboxylic acids is 2. The normalized spacial score (nSPS) is 49.3. The Balaban J connectivity index is 1.90. The van der Waals surface area contributed by atoms with Crippen molar-refractivity contribution in [1.29, 1.82) is 0 Å². The summed E-state index contributed by atoms with van der Waals surface area (Å²) in [6, 6.07) is 0. The molecular formula is C15H18O4. The van der Waals surface area contributed by atoms with E-state index in [0.29, 0.717) is 17.9 Å². The lowest BCUT2D eigenvalue weighted by Gasteiger charge is -2.28. The van der Waals surface area contributed by atoms with Crippen molar-refractivity contribution in [3.05, 3.63) is 11.1 Å². The SMILES string of the molecule is CC1(C)CC2=C(C=O)[C@@]34C[C@]3(C[C@@H]2C1)C(=O)O[C@H]4O. The Morgan fingerprint density at radius 3 is 2.79 bits per heavy atom. The first-order valence-electron chi connectivity index (χ1n) is 6.94. The molecule has 4 heteroatoms. The Kier molecular flexibility index (Phi) is 1.81. The minimum Gasteiger partial charge on any atom is -0.434 e. The molecule has 1 N–H and O–H groups in total. The van der Waals surface area contributed by atoms with E-state index in [9.17, 15) is 14.7 Å². The van der Waals surface area contributed by atoms with Crippen molar-refractivity contribution < 1.29 is 19.4 Å².